The number of aliphatic hydroxyl groups is 2. The number of benzene rings is 1. The number of aromatic nitrogens is 2. The van der Waals surface area contributed by atoms with Gasteiger partial charge in [0.2, 0.25) is 11.7 Å². The van der Waals surface area contributed by atoms with Crippen molar-refractivity contribution < 1.29 is 29.1 Å². The Hall–Kier alpha value is -3.08. The van der Waals surface area contributed by atoms with Crippen LogP contribution >= 0.6 is 11.3 Å². The first-order valence-electron chi connectivity index (χ1n) is 10.1. The van der Waals surface area contributed by atoms with Gasteiger partial charge in [0.1, 0.15) is 25.1 Å². The summed E-state index contributed by atoms with van der Waals surface area (Å²) in [4.78, 5) is 28.1. The van der Waals surface area contributed by atoms with Gasteiger partial charge in [0.05, 0.1) is 9.75 Å². The number of amides is 1. The highest BCUT2D eigenvalue weighted by Crippen LogP contribution is 2.33. The topological polar surface area (TPSA) is 135 Å². The first-order chi connectivity index (χ1) is 15.4. The van der Waals surface area contributed by atoms with Gasteiger partial charge in [-0.2, -0.15) is 4.98 Å². The molecule has 9 nitrogen and oxygen atoms in total. The number of aldehydes is 1. The number of carbonyl (C=O) groups is 2. The summed E-state index contributed by atoms with van der Waals surface area (Å²) in [5.41, 5.74) is 3.35. The average Bonchev–Trinajstić information content (AvgIpc) is 3.42. The number of aryl methyl sites for hydroxylation is 3. The number of hydrogen-bond acceptors (Lipinski definition) is 9. The molecule has 0 spiro atoms. The van der Waals surface area contributed by atoms with Crippen LogP contribution in [0.1, 0.15) is 33.3 Å². The fraction of sp³-hybridized carbons (Fsp3) is 0.364. The second-order valence-corrected chi connectivity index (χ2v) is 8.34. The minimum Gasteiger partial charge on any atom is -0.490 e. The van der Waals surface area contributed by atoms with Crippen LogP contribution in [0.4, 0.5) is 0 Å². The largest absolute Gasteiger partial charge is 0.490 e. The summed E-state index contributed by atoms with van der Waals surface area (Å²) in [5.74, 6) is 0.867. The zero-order valence-electron chi connectivity index (χ0n) is 18.0. The first kappa shape index (κ1) is 23.6. The maximum atomic E-state index is 11.1. The van der Waals surface area contributed by atoms with Crippen molar-refractivity contribution in [2.24, 2.45) is 0 Å². The van der Waals surface area contributed by atoms with E-state index in [4.69, 9.17) is 14.4 Å². The van der Waals surface area contributed by atoms with Crippen molar-refractivity contribution in [3.05, 3.63) is 39.8 Å². The standard InChI is InChI=1S/C22H25N3O6S/c1-4-14-7-15(5-13(3)20(14)30-11-16(28)8-23-19(29)10-27)22-24-21(25-31-22)17-6-12(2)18(9-26)32-17/h5-7,9,16,27-28H,4,8,10-11H2,1-3H3,(H,23,29)/t16-/m0/s1. The number of rotatable bonds is 10. The van der Waals surface area contributed by atoms with Gasteiger partial charge in [-0.1, -0.05) is 12.1 Å². The van der Waals surface area contributed by atoms with Crippen molar-refractivity contribution in [1.82, 2.24) is 15.5 Å². The second-order valence-electron chi connectivity index (χ2n) is 7.26. The van der Waals surface area contributed by atoms with Crippen molar-refractivity contribution in [2.75, 3.05) is 19.8 Å². The molecule has 0 bridgehead atoms. The van der Waals surface area contributed by atoms with E-state index in [1.807, 2.05) is 39.0 Å². The molecule has 1 aromatic carbocycles. The molecule has 0 aliphatic rings. The minimum absolute atomic E-state index is 0.0135. The summed E-state index contributed by atoms with van der Waals surface area (Å²) in [6.07, 6.45) is 0.575. The van der Waals surface area contributed by atoms with Crippen LogP contribution in [0.3, 0.4) is 0 Å². The summed E-state index contributed by atoms with van der Waals surface area (Å²) >= 11 is 1.31. The molecule has 0 fully saturated rings. The van der Waals surface area contributed by atoms with E-state index in [1.165, 1.54) is 11.3 Å². The third-order valence-corrected chi connectivity index (χ3v) is 5.95. The lowest BCUT2D eigenvalue weighted by molar-refractivity contribution is -0.124. The quantitative estimate of drug-likeness (QED) is 0.393. The normalized spacial score (nSPS) is 11.9. The van der Waals surface area contributed by atoms with Gasteiger partial charge in [-0.15, -0.1) is 11.3 Å². The van der Waals surface area contributed by atoms with E-state index in [-0.39, 0.29) is 13.2 Å². The van der Waals surface area contributed by atoms with Crippen LogP contribution in [-0.4, -0.2) is 58.4 Å². The highest BCUT2D eigenvalue weighted by molar-refractivity contribution is 7.17. The van der Waals surface area contributed by atoms with E-state index < -0.39 is 18.6 Å². The molecule has 3 aromatic rings. The van der Waals surface area contributed by atoms with Gasteiger partial charge >= 0.3 is 0 Å². The number of hydrogen-bond donors (Lipinski definition) is 3. The zero-order chi connectivity index (χ0) is 23.3. The summed E-state index contributed by atoms with van der Waals surface area (Å²) < 4.78 is 11.3. The Morgan fingerprint density at radius 1 is 1.31 bits per heavy atom. The minimum atomic E-state index is -0.918. The number of nitrogens with one attached hydrogen (secondary N) is 1. The Morgan fingerprint density at radius 2 is 2.09 bits per heavy atom. The predicted molar refractivity (Wildman–Crippen MR) is 119 cm³/mol. The lowest BCUT2D eigenvalue weighted by Crippen LogP contribution is -2.36. The molecule has 0 unspecified atom stereocenters. The average molecular weight is 460 g/mol. The fourth-order valence-corrected chi connectivity index (χ4v) is 4.04. The van der Waals surface area contributed by atoms with Crippen LogP contribution < -0.4 is 10.1 Å². The molecule has 0 saturated heterocycles. The van der Waals surface area contributed by atoms with Crippen LogP contribution in [0.2, 0.25) is 0 Å². The third-order valence-electron chi connectivity index (χ3n) is 4.79. The molecule has 0 aliphatic carbocycles. The summed E-state index contributed by atoms with van der Waals surface area (Å²) in [7, 11) is 0. The van der Waals surface area contributed by atoms with Crippen molar-refractivity contribution in [3.8, 4) is 27.9 Å². The number of nitrogens with zero attached hydrogens (tertiary/aromatic N) is 2. The Morgan fingerprint density at radius 3 is 2.75 bits per heavy atom. The van der Waals surface area contributed by atoms with Gasteiger partial charge in [0.15, 0.2) is 6.29 Å². The Balaban J connectivity index is 1.77. The maximum absolute atomic E-state index is 11.1. The van der Waals surface area contributed by atoms with Gasteiger partial charge in [-0.25, -0.2) is 0 Å². The van der Waals surface area contributed by atoms with E-state index in [0.717, 1.165) is 33.4 Å². The van der Waals surface area contributed by atoms with Gasteiger partial charge in [-0.3, -0.25) is 9.59 Å². The zero-order valence-corrected chi connectivity index (χ0v) is 18.9. The van der Waals surface area contributed by atoms with Gasteiger partial charge in [-0.05, 0) is 55.2 Å². The summed E-state index contributed by atoms with van der Waals surface area (Å²) in [6.45, 7) is 5.07. The number of aliphatic hydroxyl groups excluding tert-OH is 2. The molecule has 32 heavy (non-hydrogen) atoms. The molecule has 1 atom stereocenters. The summed E-state index contributed by atoms with van der Waals surface area (Å²) in [6, 6.07) is 5.62. The van der Waals surface area contributed by atoms with Gasteiger partial charge < -0.3 is 24.8 Å². The van der Waals surface area contributed by atoms with Gasteiger partial charge in [0.25, 0.3) is 5.89 Å². The van der Waals surface area contributed by atoms with E-state index in [0.29, 0.717) is 28.8 Å². The number of carbonyl (C=O) groups excluding carboxylic acids is 2. The van der Waals surface area contributed by atoms with Crippen LogP contribution in [0, 0.1) is 13.8 Å². The van der Waals surface area contributed by atoms with Crippen molar-refractivity contribution in [1.29, 1.82) is 0 Å². The second kappa shape index (κ2) is 10.5. The Bertz CT molecular complexity index is 1110. The molecule has 10 heteroatoms. The van der Waals surface area contributed by atoms with Crippen LogP contribution in [0.5, 0.6) is 5.75 Å². The van der Waals surface area contributed by atoms with Crippen molar-refractivity contribution in [3.63, 3.8) is 0 Å². The molecule has 2 aromatic heterocycles. The lowest BCUT2D eigenvalue weighted by Gasteiger charge is -2.17. The summed E-state index contributed by atoms with van der Waals surface area (Å²) in [5, 5.41) is 25.2. The SMILES string of the molecule is CCc1cc(-c2nc(-c3cc(C)c(C=O)s3)no2)cc(C)c1OC[C@@H](O)CNC(=O)CO. The monoisotopic (exact) mass is 459 g/mol. The van der Waals surface area contributed by atoms with Crippen molar-refractivity contribution >= 4 is 23.5 Å². The van der Waals surface area contributed by atoms with Crippen LogP contribution in [-0.2, 0) is 11.2 Å². The highest BCUT2D eigenvalue weighted by atomic mass is 32.1. The fourth-order valence-electron chi connectivity index (χ4n) is 3.13. The van der Waals surface area contributed by atoms with E-state index in [2.05, 4.69) is 15.5 Å². The number of thiophene rings is 1. The molecule has 2 heterocycles. The lowest BCUT2D eigenvalue weighted by atomic mass is 10.0. The van der Waals surface area contributed by atoms with E-state index in [9.17, 15) is 14.7 Å². The van der Waals surface area contributed by atoms with Crippen LogP contribution in [0.25, 0.3) is 22.2 Å². The van der Waals surface area contributed by atoms with Gasteiger partial charge in [0, 0.05) is 12.1 Å². The third kappa shape index (κ3) is 5.39. The molecule has 170 valence electrons. The molecule has 0 aliphatic heterocycles. The molecule has 0 saturated carbocycles. The predicted octanol–water partition coefficient (Wildman–Crippen LogP) is 2.31. The molecule has 3 N–H and O–H groups in total. The molecular formula is C22H25N3O6S. The van der Waals surface area contributed by atoms with Crippen LogP contribution in [0.15, 0.2) is 22.7 Å². The molecular weight excluding hydrogens is 434 g/mol. The molecule has 1 amide bonds. The Kier molecular flexibility index (Phi) is 7.73. The number of ether oxygens (including phenoxy) is 1. The molecule has 3 rings (SSSR count). The Labute approximate surface area is 189 Å². The smallest absolute Gasteiger partial charge is 0.258 e. The van der Waals surface area contributed by atoms with Crippen molar-refractivity contribution in [2.45, 2.75) is 33.3 Å². The van der Waals surface area contributed by atoms with E-state index >= 15 is 0 Å². The maximum Gasteiger partial charge on any atom is 0.258 e. The molecule has 0 radical (unpaired) electrons. The van der Waals surface area contributed by atoms with E-state index in [1.54, 1.807) is 0 Å². The highest BCUT2D eigenvalue weighted by Gasteiger charge is 2.18. The first-order valence-corrected chi connectivity index (χ1v) is 10.9.